The number of carbonyl (C=O) groups is 1. The van der Waals surface area contributed by atoms with E-state index in [0.717, 1.165) is 0 Å². The number of ether oxygens (including phenoxy) is 1. The van der Waals surface area contributed by atoms with Crippen LogP contribution in [0.4, 0.5) is 5.69 Å². The normalized spacial score (nSPS) is 17.9. The van der Waals surface area contributed by atoms with E-state index in [2.05, 4.69) is 5.32 Å². The lowest BCUT2D eigenvalue weighted by molar-refractivity contribution is -0.120. The molecule has 0 unspecified atom stereocenters. The number of hydrogen-bond donors (Lipinski definition) is 1. The Morgan fingerprint density at radius 2 is 2.04 bits per heavy atom. The minimum atomic E-state index is -3.54. The summed E-state index contributed by atoms with van der Waals surface area (Å²) in [6.45, 7) is 0.589. The van der Waals surface area contributed by atoms with Crippen molar-refractivity contribution in [3.05, 3.63) is 59.1 Å². The van der Waals surface area contributed by atoms with Crippen molar-refractivity contribution in [3.63, 3.8) is 0 Å². The first-order valence-corrected chi connectivity index (χ1v) is 11.0. The molecule has 1 aliphatic rings. The van der Waals surface area contributed by atoms with E-state index >= 15 is 0 Å². The Labute approximate surface area is 170 Å². The summed E-state index contributed by atoms with van der Waals surface area (Å²) in [5, 5.41) is 3.36. The summed E-state index contributed by atoms with van der Waals surface area (Å²) in [5.74, 6) is -0.175. The number of nitrogens with one attached hydrogen (secondary N) is 1. The zero-order chi connectivity index (χ0) is 20.1. The number of sulfonamides is 1. The highest BCUT2D eigenvalue weighted by atomic mass is 35.5. The molecule has 1 heterocycles. The molecule has 0 spiro atoms. The van der Waals surface area contributed by atoms with E-state index in [1.54, 1.807) is 42.5 Å². The van der Waals surface area contributed by atoms with Gasteiger partial charge in [0.25, 0.3) is 0 Å². The maximum absolute atomic E-state index is 12.8. The van der Waals surface area contributed by atoms with E-state index < -0.39 is 15.9 Å². The van der Waals surface area contributed by atoms with E-state index in [1.165, 1.54) is 11.4 Å². The molecule has 0 saturated carbocycles. The minimum absolute atomic E-state index is 0.131. The van der Waals surface area contributed by atoms with Gasteiger partial charge in [-0.3, -0.25) is 4.79 Å². The van der Waals surface area contributed by atoms with Gasteiger partial charge in [-0.05, 0) is 42.7 Å². The van der Waals surface area contributed by atoms with Gasteiger partial charge >= 0.3 is 0 Å². The van der Waals surface area contributed by atoms with Crippen LogP contribution >= 0.6 is 11.6 Å². The number of amides is 1. The minimum Gasteiger partial charge on any atom is -0.495 e. The number of piperidine rings is 1. The average molecular weight is 423 g/mol. The Kier molecular flexibility index (Phi) is 6.59. The second-order valence-corrected chi connectivity index (χ2v) is 9.18. The van der Waals surface area contributed by atoms with Gasteiger partial charge in [0.15, 0.2) is 0 Å². The van der Waals surface area contributed by atoms with Crippen LogP contribution in [0.5, 0.6) is 5.75 Å². The van der Waals surface area contributed by atoms with E-state index in [4.69, 9.17) is 16.3 Å². The number of para-hydroxylation sites is 2. The predicted octanol–water partition coefficient (Wildman–Crippen LogP) is 3.53. The maximum atomic E-state index is 12.8. The van der Waals surface area contributed by atoms with Crippen molar-refractivity contribution in [1.82, 2.24) is 4.31 Å². The van der Waals surface area contributed by atoms with Gasteiger partial charge in [-0.15, -0.1) is 0 Å². The van der Waals surface area contributed by atoms with Crippen molar-refractivity contribution in [2.75, 3.05) is 25.5 Å². The van der Waals surface area contributed by atoms with E-state index in [-0.39, 0.29) is 18.2 Å². The van der Waals surface area contributed by atoms with Gasteiger partial charge in [-0.1, -0.05) is 35.9 Å². The summed E-state index contributed by atoms with van der Waals surface area (Å²) in [5.41, 5.74) is 1.21. The first-order valence-electron chi connectivity index (χ1n) is 9.05. The van der Waals surface area contributed by atoms with E-state index in [9.17, 15) is 13.2 Å². The number of anilines is 1. The Morgan fingerprint density at radius 1 is 1.25 bits per heavy atom. The highest BCUT2D eigenvalue weighted by Gasteiger charge is 2.32. The number of halogens is 1. The number of hydrogen-bond acceptors (Lipinski definition) is 4. The van der Waals surface area contributed by atoms with Crippen molar-refractivity contribution in [3.8, 4) is 5.75 Å². The zero-order valence-electron chi connectivity index (χ0n) is 15.6. The average Bonchev–Trinajstić information content (AvgIpc) is 2.68. The molecule has 150 valence electrons. The van der Waals surface area contributed by atoms with Crippen molar-refractivity contribution in [2.24, 2.45) is 5.92 Å². The zero-order valence-corrected chi connectivity index (χ0v) is 17.2. The second-order valence-electron chi connectivity index (χ2n) is 6.77. The van der Waals surface area contributed by atoms with Gasteiger partial charge in [0.2, 0.25) is 15.9 Å². The molecule has 0 aliphatic carbocycles. The quantitative estimate of drug-likeness (QED) is 0.772. The molecule has 1 saturated heterocycles. The topological polar surface area (TPSA) is 75.7 Å². The van der Waals surface area contributed by atoms with Crippen molar-refractivity contribution >= 4 is 33.2 Å². The predicted molar refractivity (Wildman–Crippen MR) is 110 cm³/mol. The molecule has 28 heavy (non-hydrogen) atoms. The molecule has 0 aromatic heterocycles. The maximum Gasteiger partial charge on any atom is 0.228 e. The number of nitrogens with zero attached hydrogens (tertiary/aromatic N) is 1. The monoisotopic (exact) mass is 422 g/mol. The molecule has 1 aliphatic heterocycles. The van der Waals surface area contributed by atoms with Crippen LogP contribution < -0.4 is 10.1 Å². The fraction of sp³-hybridized carbons (Fsp3) is 0.350. The van der Waals surface area contributed by atoms with Crippen molar-refractivity contribution in [2.45, 2.75) is 18.6 Å². The number of benzene rings is 2. The lowest BCUT2D eigenvalue weighted by Crippen LogP contribution is -2.44. The summed E-state index contributed by atoms with van der Waals surface area (Å²) in [7, 11) is -2.00. The number of carbonyl (C=O) groups excluding carboxylic acids is 1. The fourth-order valence-electron chi connectivity index (χ4n) is 3.32. The van der Waals surface area contributed by atoms with Crippen LogP contribution in [0.2, 0.25) is 5.02 Å². The fourth-order valence-corrected chi connectivity index (χ4v) is 5.13. The number of rotatable bonds is 6. The van der Waals surface area contributed by atoms with Crippen molar-refractivity contribution in [1.29, 1.82) is 0 Å². The third-order valence-electron chi connectivity index (χ3n) is 4.75. The SMILES string of the molecule is COc1ccccc1NC(=O)[C@@H]1CCCN(S(=O)(=O)Cc2cccc(Cl)c2)C1. The summed E-state index contributed by atoms with van der Waals surface area (Å²) in [4.78, 5) is 12.7. The molecule has 1 N–H and O–H groups in total. The molecule has 1 amide bonds. The van der Waals surface area contributed by atoms with Crippen LogP contribution in [0, 0.1) is 5.92 Å². The molecule has 1 fully saturated rings. The highest BCUT2D eigenvalue weighted by Crippen LogP contribution is 2.27. The molecular weight excluding hydrogens is 400 g/mol. The molecule has 3 rings (SSSR count). The molecule has 8 heteroatoms. The Hall–Kier alpha value is -2.09. The lowest BCUT2D eigenvalue weighted by atomic mass is 9.98. The number of methoxy groups -OCH3 is 1. The summed E-state index contributed by atoms with van der Waals surface area (Å²) >= 11 is 5.95. The van der Waals surface area contributed by atoms with Crippen LogP contribution in [0.3, 0.4) is 0 Å². The Balaban J connectivity index is 1.68. The smallest absolute Gasteiger partial charge is 0.228 e. The molecular formula is C20H23ClN2O4S. The summed E-state index contributed by atoms with van der Waals surface area (Å²) in [6, 6.07) is 14.0. The van der Waals surface area contributed by atoms with Gasteiger partial charge in [0.1, 0.15) is 5.75 Å². The van der Waals surface area contributed by atoms with Crippen LogP contribution in [0.25, 0.3) is 0 Å². The van der Waals surface area contributed by atoms with Gasteiger partial charge in [-0.2, -0.15) is 0 Å². The Bertz CT molecular complexity index is 949. The second kappa shape index (κ2) is 8.94. The van der Waals surface area contributed by atoms with Crippen LogP contribution in [-0.2, 0) is 20.6 Å². The molecule has 0 bridgehead atoms. The highest BCUT2D eigenvalue weighted by molar-refractivity contribution is 7.88. The summed E-state index contributed by atoms with van der Waals surface area (Å²) < 4.78 is 32.3. The van der Waals surface area contributed by atoms with E-state index in [1.807, 2.05) is 6.07 Å². The van der Waals surface area contributed by atoms with Gasteiger partial charge in [0.05, 0.1) is 24.5 Å². The van der Waals surface area contributed by atoms with Crippen molar-refractivity contribution < 1.29 is 17.9 Å². The first kappa shape index (κ1) is 20.6. The molecule has 0 radical (unpaired) electrons. The molecule has 2 aromatic rings. The molecule has 1 atom stereocenters. The van der Waals surface area contributed by atoms with Crippen LogP contribution in [0.15, 0.2) is 48.5 Å². The largest absolute Gasteiger partial charge is 0.495 e. The third kappa shape index (κ3) is 5.04. The third-order valence-corrected chi connectivity index (χ3v) is 6.80. The lowest BCUT2D eigenvalue weighted by Gasteiger charge is -2.31. The van der Waals surface area contributed by atoms with Crippen LogP contribution in [0.1, 0.15) is 18.4 Å². The Morgan fingerprint density at radius 3 is 2.79 bits per heavy atom. The standard InChI is InChI=1S/C20H23ClN2O4S/c1-27-19-10-3-2-9-18(19)22-20(24)16-7-5-11-23(13-16)28(25,26)14-15-6-4-8-17(21)12-15/h2-4,6,8-10,12,16H,5,7,11,13-14H2,1H3,(H,22,24)/t16-/m1/s1. The van der Waals surface area contributed by atoms with Gasteiger partial charge in [-0.25, -0.2) is 12.7 Å². The van der Waals surface area contributed by atoms with Gasteiger partial charge in [0, 0.05) is 18.1 Å². The van der Waals surface area contributed by atoms with E-state index in [0.29, 0.717) is 41.4 Å². The van der Waals surface area contributed by atoms with Crippen LogP contribution in [-0.4, -0.2) is 38.8 Å². The molecule has 2 aromatic carbocycles. The first-order chi connectivity index (χ1) is 13.4. The molecule has 6 nitrogen and oxygen atoms in total. The summed E-state index contributed by atoms with van der Waals surface area (Å²) in [6.07, 6.45) is 1.28. The van der Waals surface area contributed by atoms with Gasteiger partial charge < -0.3 is 10.1 Å².